The van der Waals surface area contributed by atoms with E-state index >= 15 is 0 Å². The van der Waals surface area contributed by atoms with Crippen LogP contribution in [0.15, 0.2) is 54.6 Å². The Morgan fingerprint density at radius 1 is 1.04 bits per heavy atom. The van der Waals surface area contributed by atoms with E-state index in [9.17, 15) is 4.79 Å². The largest absolute Gasteiger partial charge is 0.322 e. The highest BCUT2D eigenvalue weighted by atomic mass is 16.1. The summed E-state index contributed by atoms with van der Waals surface area (Å²) in [5.74, 6) is 0.384. The third kappa shape index (κ3) is 4.20. The molecule has 0 fully saturated rings. The SMILES string of the molecule is Cc1cc(C)n(Cc2ccc(C(=O)Nc3ccc(C(C)C)cc3)cc2)n1. The first kappa shape index (κ1) is 17.9. The average Bonchev–Trinajstić information content (AvgIpc) is 2.93. The van der Waals surface area contributed by atoms with Crippen LogP contribution in [0.1, 0.15) is 52.6 Å². The van der Waals surface area contributed by atoms with Crippen LogP contribution in [0.3, 0.4) is 0 Å². The first-order valence-corrected chi connectivity index (χ1v) is 8.93. The van der Waals surface area contributed by atoms with E-state index in [4.69, 9.17) is 0 Å². The van der Waals surface area contributed by atoms with Gasteiger partial charge in [-0.1, -0.05) is 38.1 Å². The Balaban J connectivity index is 1.65. The number of amides is 1. The topological polar surface area (TPSA) is 46.9 Å². The van der Waals surface area contributed by atoms with E-state index in [0.29, 0.717) is 18.0 Å². The van der Waals surface area contributed by atoms with Crippen molar-refractivity contribution in [2.75, 3.05) is 5.32 Å². The first-order chi connectivity index (χ1) is 12.4. The second kappa shape index (κ2) is 7.56. The molecule has 4 heteroatoms. The molecule has 1 aromatic heterocycles. The number of carbonyl (C=O) groups excluding carboxylic acids is 1. The fourth-order valence-electron chi connectivity index (χ4n) is 2.92. The van der Waals surface area contributed by atoms with Crippen LogP contribution in [0.25, 0.3) is 0 Å². The number of benzene rings is 2. The van der Waals surface area contributed by atoms with Gasteiger partial charge in [0.1, 0.15) is 0 Å². The predicted molar refractivity (Wildman–Crippen MR) is 106 cm³/mol. The van der Waals surface area contributed by atoms with Gasteiger partial charge in [-0.15, -0.1) is 0 Å². The van der Waals surface area contributed by atoms with Crippen molar-refractivity contribution >= 4 is 11.6 Å². The molecule has 0 saturated carbocycles. The van der Waals surface area contributed by atoms with E-state index in [1.54, 1.807) is 0 Å². The number of aryl methyl sites for hydroxylation is 2. The zero-order valence-electron chi connectivity index (χ0n) is 15.8. The van der Waals surface area contributed by atoms with Crippen LogP contribution < -0.4 is 5.32 Å². The summed E-state index contributed by atoms with van der Waals surface area (Å²) in [4.78, 5) is 12.4. The Morgan fingerprint density at radius 3 is 2.23 bits per heavy atom. The van der Waals surface area contributed by atoms with Crippen LogP contribution in [-0.4, -0.2) is 15.7 Å². The molecule has 3 rings (SSSR count). The van der Waals surface area contributed by atoms with Crippen molar-refractivity contribution < 1.29 is 4.79 Å². The molecule has 0 bridgehead atoms. The van der Waals surface area contributed by atoms with Crippen molar-refractivity contribution in [3.63, 3.8) is 0 Å². The van der Waals surface area contributed by atoms with Gasteiger partial charge in [0.15, 0.2) is 0 Å². The average molecular weight is 347 g/mol. The normalized spacial score (nSPS) is 11.0. The number of hydrogen-bond donors (Lipinski definition) is 1. The van der Waals surface area contributed by atoms with Gasteiger partial charge in [-0.3, -0.25) is 9.48 Å². The van der Waals surface area contributed by atoms with Gasteiger partial charge in [0.25, 0.3) is 5.91 Å². The Kier molecular flexibility index (Phi) is 5.21. The third-order valence-corrected chi connectivity index (χ3v) is 4.49. The molecule has 0 unspecified atom stereocenters. The van der Waals surface area contributed by atoms with Crippen molar-refractivity contribution in [2.24, 2.45) is 0 Å². The molecule has 0 spiro atoms. The van der Waals surface area contributed by atoms with E-state index in [1.165, 1.54) is 5.56 Å². The number of nitrogens with zero attached hydrogens (tertiary/aromatic N) is 2. The molecule has 1 N–H and O–H groups in total. The molecule has 0 aliphatic heterocycles. The van der Waals surface area contributed by atoms with E-state index in [0.717, 1.165) is 22.6 Å². The fourth-order valence-corrected chi connectivity index (χ4v) is 2.92. The first-order valence-electron chi connectivity index (χ1n) is 8.93. The number of rotatable bonds is 5. The van der Waals surface area contributed by atoms with Gasteiger partial charge in [0.2, 0.25) is 0 Å². The molecule has 26 heavy (non-hydrogen) atoms. The van der Waals surface area contributed by atoms with Crippen LogP contribution in [0.4, 0.5) is 5.69 Å². The second-order valence-electron chi connectivity index (χ2n) is 7.01. The fraction of sp³-hybridized carbons (Fsp3) is 0.273. The quantitative estimate of drug-likeness (QED) is 0.712. The van der Waals surface area contributed by atoms with E-state index in [1.807, 2.05) is 54.9 Å². The number of anilines is 1. The Labute approximate surface area is 154 Å². The van der Waals surface area contributed by atoms with Crippen molar-refractivity contribution in [3.05, 3.63) is 82.7 Å². The summed E-state index contributed by atoms with van der Waals surface area (Å²) >= 11 is 0. The number of hydrogen-bond acceptors (Lipinski definition) is 2. The van der Waals surface area contributed by atoms with Crippen LogP contribution in [0.2, 0.25) is 0 Å². The Morgan fingerprint density at radius 2 is 1.69 bits per heavy atom. The molecular weight excluding hydrogens is 322 g/mol. The molecular formula is C22H25N3O. The predicted octanol–water partition coefficient (Wildman–Crippen LogP) is 4.92. The number of aromatic nitrogens is 2. The van der Waals surface area contributed by atoms with Gasteiger partial charge in [0.05, 0.1) is 12.2 Å². The van der Waals surface area contributed by atoms with Crippen LogP contribution >= 0.6 is 0 Å². The molecule has 134 valence electrons. The van der Waals surface area contributed by atoms with E-state index in [-0.39, 0.29) is 5.91 Å². The molecule has 0 radical (unpaired) electrons. The highest BCUT2D eigenvalue weighted by Crippen LogP contribution is 2.18. The zero-order chi connectivity index (χ0) is 18.7. The maximum atomic E-state index is 12.4. The molecule has 1 heterocycles. The highest BCUT2D eigenvalue weighted by molar-refractivity contribution is 6.04. The lowest BCUT2D eigenvalue weighted by atomic mass is 10.0. The van der Waals surface area contributed by atoms with Gasteiger partial charge in [-0.25, -0.2) is 0 Å². The lowest BCUT2D eigenvalue weighted by Gasteiger charge is -2.09. The van der Waals surface area contributed by atoms with Crippen molar-refractivity contribution in [1.82, 2.24) is 9.78 Å². The minimum absolute atomic E-state index is 0.0973. The lowest BCUT2D eigenvalue weighted by Crippen LogP contribution is -2.12. The maximum Gasteiger partial charge on any atom is 0.255 e. The zero-order valence-corrected chi connectivity index (χ0v) is 15.8. The molecule has 2 aromatic carbocycles. The molecule has 0 saturated heterocycles. The van der Waals surface area contributed by atoms with Gasteiger partial charge in [0, 0.05) is 16.9 Å². The number of nitrogens with one attached hydrogen (secondary N) is 1. The van der Waals surface area contributed by atoms with Crippen molar-refractivity contribution in [1.29, 1.82) is 0 Å². The smallest absolute Gasteiger partial charge is 0.255 e. The summed E-state index contributed by atoms with van der Waals surface area (Å²) < 4.78 is 1.97. The monoisotopic (exact) mass is 347 g/mol. The van der Waals surface area contributed by atoms with Gasteiger partial charge < -0.3 is 5.32 Å². The minimum atomic E-state index is -0.0973. The molecule has 0 aliphatic rings. The van der Waals surface area contributed by atoms with E-state index < -0.39 is 0 Å². The van der Waals surface area contributed by atoms with Crippen LogP contribution in [-0.2, 0) is 6.54 Å². The Bertz CT molecular complexity index is 890. The maximum absolute atomic E-state index is 12.4. The molecule has 0 atom stereocenters. The summed E-state index contributed by atoms with van der Waals surface area (Å²) in [5.41, 5.74) is 5.99. The summed E-state index contributed by atoms with van der Waals surface area (Å²) in [7, 11) is 0. The molecule has 1 amide bonds. The minimum Gasteiger partial charge on any atom is -0.322 e. The van der Waals surface area contributed by atoms with Gasteiger partial charge in [-0.05, 0) is 61.2 Å². The van der Waals surface area contributed by atoms with Crippen LogP contribution in [0.5, 0.6) is 0 Å². The molecule has 4 nitrogen and oxygen atoms in total. The van der Waals surface area contributed by atoms with Crippen molar-refractivity contribution in [3.8, 4) is 0 Å². The Hall–Kier alpha value is -2.88. The second-order valence-corrected chi connectivity index (χ2v) is 7.01. The summed E-state index contributed by atoms with van der Waals surface area (Å²) in [6.45, 7) is 9.05. The summed E-state index contributed by atoms with van der Waals surface area (Å²) in [6.07, 6.45) is 0. The van der Waals surface area contributed by atoms with Crippen molar-refractivity contribution in [2.45, 2.75) is 40.2 Å². The standard InChI is InChI=1S/C22H25N3O/c1-15(2)19-9-11-21(12-10-19)23-22(26)20-7-5-18(6-8-20)14-25-17(4)13-16(3)24-25/h5-13,15H,14H2,1-4H3,(H,23,26). The highest BCUT2D eigenvalue weighted by Gasteiger charge is 2.08. The van der Waals surface area contributed by atoms with Gasteiger partial charge in [-0.2, -0.15) is 5.10 Å². The molecule has 0 aliphatic carbocycles. The summed E-state index contributed by atoms with van der Waals surface area (Å²) in [5, 5.41) is 7.43. The summed E-state index contributed by atoms with van der Waals surface area (Å²) in [6, 6.07) is 17.7. The lowest BCUT2D eigenvalue weighted by molar-refractivity contribution is 0.102. The van der Waals surface area contributed by atoms with Gasteiger partial charge >= 0.3 is 0 Å². The third-order valence-electron chi connectivity index (χ3n) is 4.49. The van der Waals surface area contributed by atoms with Crippen LogP contribution in [0, 0.1) is 13.8 Å². The van der Waals surface area contributed by atoms with E-state index in [2.05, 4.69) is 42.5 Å². The number of carbonyl (C=O) groups is 1. The molecule has 3 aromatic rings.